The topological polar surface area (TPSA) is 113 Å². The summed E-state index contributed by atoms with van der Waals surface area (Å²) in [7, 11) is 0. The van der Waals surface area contributed by atoms with E-state index in [-0.39, 0.29) is 12.2 Å². The molecule has 0 amide bonds. The van der Waals surface area contributed by atoms with Crippen molar-refractivity contribution in [1.82, 2.24) is 0 Å². The van der Waals surface area contributed by atoms with Gasteiger partial charge >= 0.3 is 5.97 Å². The van der Waals surface area contributed by atoms with Gasteiger partial charge in [-0.1, -0.05) is 45.2 Å². The summed E-state index contributed by atoms with van der Waals surface area (Å²) in [6.07, 6.45) is 3.36. The van der Waals surface area contributed by atoms with Crippen LogP contribution in [0.25, 0.3) is 0 Å². The van der Waals surface area contributed by atoms with Crippen LogP contribution in [-0.4, -0.2) is 22.4 Å². The van der Waals surface area contributed by atoms with Gasteiger partial charge in [-0.05, 0) is 12.8 Å². The van der Waals surface area contributed by atoms with Crippen molar-refractivity contribution in [2.75, 3.05) is 6.61 Å². The van der Waals surface area contributed by atoms with Gasteiger partial charge in [0.05, 0.1) is 28.1 Å². The first kappa shape index (κ1) is 21.2. The Kier molecular flexibility index (Phi) is 8.70. The largest absolute Gasteiger partial charge is 0.462 e. The molecule has 1 aromatic rings. The number of esters is 1. The number of unbranched alkanes of at least 4 members (excludes halogenated alkanes) is 1. The lowest BCUT2D eigenvalue weighted by Gasteiger charge is -2.07. The van der Waals surface area contributed by atoms with E-state index in [1.54, 1.807) is 0 Å². The molecule has 0 fully saturated rings. The number of nitro groups is 2. The first-order valence-electron chi connectivity index (χ1n) is 7.40. The lowest BCUT2D eigenvalue weighted by atomic mass is 10.2. The van der Waals surface area contributed by atoms with E-state index >= 15 is 0 Å². The highest BCUT2D eigenvalue weighted by Crippen LogP contribution is 2.26. The molecule has 0 atom stereocenters. The number of halogens is 2. The molecule has 10 heteroatoms. The van der Waals surface area contributed by atoms with Gasteiger partial charge in [0.15, 0.2) is 0 Å². The van der Waals surface area contributed by atoms with Crippen LogP contribution in [0.15, 0.2) is 27.2 Å². The fourth-order valence-electron chi connectivity index (χ4n) is 1.84. The Morgan fingerprint density at radius 2 is 1.56 bits per heavy atom. The van der Waals surface area contributed by atoms with Crippen molar-refractivity contribution in [3.05, 3.63) is 53.0 Å². The maximum absolute atomic E-state index is 12.0. The van der Waals surface area contributed by atoms with Gasteiger partial charge in [-0.3, -0.25) is 20.2 Å². The number of carbonyl (C=O) groups excluding carboxylic acids is 1. The molecule has 0 N–H and O–H groups in total. The normalized spacial score (nSPS) is 11.6. The number of nitro benzene ring substituents is 2. The molecule has 1 aromatic carbocycles. The van der Waals surface area contributed by atoms with E-state index < -0.39 is 27.2 Å². The number of hydrogen-bond donors (Lipinski definition) is 0. The number of non-ortho nitro benzene ring substituents is 2. The lowest BCUT2D eigenvalue weighted by molar-refractivity contribution is -0.394. The average molecular weight is 480 g/mol. The van der Waals surface area contributed by atoms with E-state index in [1.807, 2.05) is 0 Å². The molecule has 0 aliphatic rings. The van der Waals surface area contributed by atoms with E-state index in [4.69, 9.17) is 4.74 Å². The Bertz CT molecular complexity index is 673. The zero-order valence-corrected chi connectivity index (χ0v) is 16.5. The Hall–Kier alpha value is -1.81. The van der Waals surface area contributed by atoms with Crippen LogP contribution in [0, 0.1) is 20.2 Å². The molecule has 0 bridgehead atoms. The summed E-state index contributed by atoms with van der Waals surface area (Å²) >= 11 is 6.85. The zero-order valence-electron chi connectivity index (χ0n) is 13.4. The van der Waals surface area contributed by atoms with E-state index in [1.165, 1.54) is 0 Å². The maximum Gasteiger partial charge on any atom is 0.338 e. The first-order valence-corrected chi connectivity index (χ1v) is 8.98. The number of allylic oxidation sites excluding steroid dienone is 1. The van der Waals surface area contributed by atoms with Crippen LogP contribution < -0.4 is 0 Å². The minimum atomic E-state index is -0.850. The lowest BCUT2D eigenvalue weighted by Crippen LogP contribution is -2.08. The molecule has 8 nitrogen and oxygen atoms in total. The van der Waals surface area contributed by atoms with E-state index in [0.29, 0.717) is 6.42 Å². The van der Waals surface area contributed by atoms with Crippen molar-refractivity contribution in [2.45, 2.75) is 32.6 Å². The first-order chi connectivity index (χ1) is 11.8. The smallest absolute Gasteiger partial charge is 0.338 e. The minimum Gasteiger partial charge on any atom is -0.462 e. The molecule has 0 saturated heterocycles. The molecular weight excluding hydrogens is 464 g/mol. The summed E-state index contributed by atoms with van der Waals surface area (Å²) < 4.78 is 6.90. The minimum absolute atomic E-state index is 0.0388. The third-order valence-electron chi connectivity index (χ3n) is 3.16. The molecule has 0 unspecified atom stereocenters. The predicted molar refractivity (Wildman–Crippen MR) is 99.1 cm³/mol. The molecule has 0 heterocycles. The summed E-state index contributed by atoms with van der Waals surface area (Å²) in [5.41, 5.74) is -1.31. The molecule has 0 spiro atoms. The number of nitrogens with zero attached hydrogens (tertiary/aromatic N) is 2. The molecule has 136 valence electrons. The van der Waals surface area contributed by atoms with Crippen LogP contribution >= 0.6 is 31.9 Å². The highest BCUT2D eigenvalue weighted by molar-refractivity contribution is 9.14. The molecule has 0 saturated carbocycles. The molecule has 0 aliphatic heterocycles. The van der Waals surface area contributed by atoms with Crippen LogP contribution in [0.4, 0.5) is 11.4 Å². The Morgan fingerprint density at radius 1 is 1.04 bits per heavy atom. The van der Waals surface area contributed by atoms with Crippen molar-refractivity contribution in [3.63, 3.8) is 0 Å². The van der Waals surface area contributed by atoms with E-state index in [0.717, 1.165) is 46.4 Å². The highest BCUT2D eigenvalue weighted by Gasteiger charge is 2.20. The van der Waals surface area contributed by atoms with Crippen LogP contribution in [0.3, 0.4) is 0 Å². The summed E-state index contributed by atoms with van der Waals surface area (Å²) in [6, 6.07) is 2.70. The van der Waals surface area contributed by atoms with Gasteiger partial charge < -0.3 is 4.74 Å². The maximum atomic E-state index is 12.0. The van der Waals surface area contributed by atoms with Crippen molar-refractivity contribution in [1.29, 1.82) is 0 Å². The zero-order chi connectivity index (χ0) is 19.0. The second-order valence-electron chi connectivity index (χ2n) is 5.05. The Morgan fingerprint density at radius 3 is 2.04 bits per heavy atom. The number of rotatable bonds is 9. The molecule has 0 radical (unpaired) electrons. The van der Waals surface area contributed by atoms with Gasteiger partial charge in [0.2, 0.25) is 0 Å². The van der Waals surface area contributed by atoms with E-state index in [9.17, 15) is 25.0 Å². The number of ether oxygens (including phenoxy) is 1. The van der Waals surface area contributed by atoms with Gasteiger partial charge in [-0.25, -0.2) is 4.79 Å². The van der Waals surface area contributed by atoms with Crippen LogP contribution in [0.2, 0.25) is 0 Å². The Labute approximate surface area is 160 Å². The number of benzene rings is 1. The fraction of sp³-hybridized carbons (Fsp3) is 0.400. The second kappa shape index (κ2) is 10.2. The highest BCUT2D eigenvalue weighted by atomic mass is 79.9. The SMILES string of the molecule is CCCC/C(Br)=C(/Br)CCOC(=O)c1cc([N+](=O)[O-])cc([N+](=O)[O-])c1. The van der Waals surface area contributed by atoms with Crippen LogP contribution in [0.5, 0.6) is 0 Å². The molecule has 25 heavy (non-hydrogen) atoms. The quantitative estimate of drug-likeness (QED) is 0.272. The van der Waals surface area contributed by atoms with Gasteiger partial charge in [0.25, 0.3) is 11.4 Å². The molecule has 0 aromatic heterocycles. The Balaban J connectivity index is 2.78. The van der Waals surface area contributed by atoms with Crippen molar-refractivity contribution in [2.24, 2.45) is 0 Å². The summed E-state index contributed by atoms with van der Waals surface area (Å²) in [5.74, 6) is -0.850. The average Bonchev–Trinajstić information content (AvgIpc) is 2.58. The third-order valence-corrected chi connectivity index (χ3v) is 5.44. The molecule has 1 rings (SSSR count). The molecular formula is C15H16Br2N2O6. The summed E-state index contributed by atoms with van der Waals surface area (Å²) in [5, 5.41) is 21.7. The van der Waals surface area contributed by atoms with Crippen LogP contribution in [0.1, 0.15) is 43.0 Å². The van der Waals surface area contributed by atoms with Gasteiger partial charge in [-0.15, -0.1) is 0 Å². The summed E-state index contributed by atoms with van der Waals surface area (Å²) in [4.78, 5) is 32.1. The van der Waals surface area contributed by atoms with Crippen molar-refractivity contribution in [3.8, 4) is 0 Å². The molecule has 0 aliphatic carbocycles. The standard InChI is InChI=1S/C15H16Br2N2O6/c1-2-3-4-13(16)14(17)5-6-25-15(20)10-7-11(18(21)22)9-12(8-10)19(23)24/h7-9H,2-6H2,1H3/b14-13-. The second-order valence-corrected chi connectivity index (χ2v) is 6.97. The van der Waals surface area contributed by atoms with Crippen molar-refractivity contribution >= 4 is 49.2 Å². The van der Waals surface area contributed by atoms with E-state index in [2.05, 4.69) is 38.8 Å². The van der Waals surface area contributed by atoms with Gasteiger partial charge in [0, 0.05) is 27.5 Å². The third kappa shape index (κ3) is 6.91. The van der Waals surface area contributed by atoms with Crippen molar-refractivity contribution < 1.29 is 19.4 Å². The summed E-state index contributed by atoms with van der Waals surface area (Å²) in [6.45, 7) is 2.12. The van der Waals surface area contributed by atoms with Gasteiger partial charge in [-0.2, -0.15) is 0 Å². The van der Waals surface area contributed by atoms with Gasteiger partial charge in [0.1, 0.15) is 0 Å². The number of hydrogen-bond acceptors (Lipinski definition) is 6. The fourth-order valence-corrected chi connectivity index (χ4v) is 2.68. The van der Waals surface area contributed by atoms with Crippen LogP contribution in [-0.2, 0) is 4.74 Å². The predicted octanol–water partition coefficient (Wildman–Crippen LogP) is 5.24. The number of carbonyl (C=O) groups is 1. The monoisotopic (exact) mass is 478 g/mol.